The fourth-order valence-electron chi connectivity index (χ4n) is 9.73. The Hall–Kier alpha value is -9.16. The molecule has 0 aliphatic rings. The van der Waals surface area contributed by atoms with E-state index in [2.05, 4.69) is 68.8 Å². The number of aliphatic hydroxyl groups is 2. The number of nitrogens with one attached hydrogen (secondary N) is 12. The quantitative estimate of drug-likeness (QED) is 0.0164. The van der Waals surface area contributed by atoms with Gasteiger partial charge in [0.25, 0.3) is 0 Å². The number of hydrogen-bond donors (Lipinski definition) is 23. The maximum atomic E-state index is 14.5. The third kappa shape index (κ3) is 37.3. The van der Waals surface area contributed by atoms with Gasteiger partial charge < -0.3 is 124 Å². The number of hydrogen-bond acceptors (Lipinski definition) is 24. The number of nitrogens with two attached hydrogens (primary N) is 7. The maximum Gasteiger partial charge on any atom is 0.305 e. The number of amides is 14. The fourth-order valence-corrected chi connectivity index (χ4v) is 10.7. The molecular weight excluding hydrogens is 1400 g/mol. The summed E-state index contributed by atoms with van der Waals surface area (Å²) in [5.74, 6) is -16.1. The van der Waals surface area contributed by atoms with Gasteiger partial charge in [0, 0.05) is 19.4 Å². The summed E-state index contributed by atoms with van der Waals surface area (Å²) in [6.07, 6.45) is 1.46. The topological polar surface area (TPSA) is 676 Å². The monoisotopic (exact) mass is 1510 g/mol. The van der Waals surface area contributed by atoms with E-state index in [1.807, 2.05) is 0 Å². The van der Waals surface area contributed by atoms with Crippen LogP contribution in [0, 0.1) is 5.92 Å². The van der Waals surface area contributed by atoms with Crippen LogP contribution in [0.15, 0.2) is 29.3 Å². The van der Waals surface area contributed by atoms with Crippen molar-refractivity contribution >= 4 is 118 Å². The second kappa shape index (κ2) is 51.1. The molecule has 0 fully saturated rings. The summed E-state index contributed by atoms with van der Waals surface area (Å²) in [4.78, 5) is 206. The number of thioether (sulfide) groups is 2. The predicted octanol–water partition coefficient (Wildman–Crippen LogP) is -8.20. The number of primary amides is 2. The molecule has 41 heteroatoms. The summed E-state index contributed by atoms with van der Waals surface area (Å²) in [5.41, 5.74) is 39.0. The van der Waals surface area contributed by atoms with Crippen LogP contribution in [-0.4, -0.2) is 251 Å². The summed E-state index contributed by atoms with van der Waals surface area (Å²) in [5, 5.41) is 70.3. The number of carboxylic acids is 1. The first kappa shape index (κ1) is 92.9. The number of carboxylic acid groups (broad SMARTS) is 1. The van der Waals surface area contributed by atoms with E-state index < -0.39 is 206 Å². The highest BCUT2D eigenvalue weighted by Crippen LogP contribution is 2.15. The molecule has 30 N–H and O–H groups in total. The SMILES string of the molecule is CCC(C)C(NC(=O)C(CCC(N)=O)NC(=O)C(CCSC)NC(=O)C(NC(=O)C(CCSC)NC(=O)C(Cc1ccc(O)cc1)NC(=O)C(CC(=O)O)NC(=O)CNC(=O)C(CCCN=C(N)N)NC(=O)C(CO)NC(=O)C(CCCCN)NC(=O)C(N)CCCCN)C(C)O)C(=O)NCC(N)=O. The lowest BCUT2D eigenvalue weighted by Crippen LogP contribution is -2.62. The van der Waals surface area contributed by atoms with E-state index in [-0.39, 0.29) is 86.8 Å². The minimum absolute atomic E-state index is 0.0208. The highest BCUT2D eigenvalue weighted by atomic mass is 32.2. The van der Waals surface area contributed by atoms with Crippen LogP contribution in [0.3, 0.4) is 0 Å². The Labute approximate surface area is 611 Å². The second-order valence-electron chi connectivity index (χ2n) is 24.4. The van der Waals surface area contributed by atoms with Gasteiger partial charge in [0.05, 0.1) is 38.3 Å². The highest BCUT2D eigenvalue weighted by Gasteiger charge is 2.38. The minimum atomic E-state index is -2.00. The molecule has 0 aromatic heterocycles. The number of aliphatic hydroxyl groups excluding tert-OH is 2. The Morgan fingerprint density at radius 2 is 0.933 bits per heavy atom. The third-order valence-electron chi connectivity index (χ3n) is 15.8. The van der Waals surface area contributed by atoms with E-state index in [9.17, 15) is 92.3 Å². The number of phenolic OH excluding ortho intramolecular Hbond substituents is 1. The molecule has 14 amide bonds. The predicted molar refractivity (Wildman–Crippen MR) is 385 cm³/mol. The summed E-state index contributed by atoms with van der Waals surface area (Å²) in [7, 11) is 0. The van der Waals surface area contributed by atoms with Gasteiger partial charge in [-0.1, -0.05) is 38.8 Å². The maximum absolute atomic E-state index is 14.5. The van der Waals surface area contributed by atoms with Crippen LogP contribution in [0.25, 0.3) is 0 Å². The number of carbonyl (C=O) groups is 15. The van der Waals surface area contributed by atoms with Gasteiger partial charge in [0.1, 0.15) is 66.2 Å². The number of aliphatic carboxylic acids is 1. The molecule has 104 heavy (non-hydrogen) atoms. The molecule has 0 spiro atoms. The first-order valence-electron chi connectivity index (χ1n) is 33.8. The van der Waals surface area contributed by atoms with Crippen LogP contribution in [0.1, 0.15) is 116 Å². The van der Waals surface area contributed by atoms with Crippen molar-refractivity contribution in [3.05, 3.63) is 29.8 Å². The number of rotatable bonds is 54. The first-order chi connectivity index (χ1) is 49.2. The number of benzene rings is 1. The summed E-state index contributed by atoms with van der Waals surface area (Å²) in [6, 6.07) is -11.7. The highest BCUT2D eigenvalue weighted by molar-refractivity contribution is 7.98. The van der Waals surface area contributed by atoms with Crippen molar-refractivity contribution in [2.24, 2.45) is 51.0 Å². The Kier molecular flexibility index (Phi) is 45.6. The third-order valence-corrected chi connectivity index (χ3v) is 17.1. The van der Waals surface area contributed by atoms with Crippen molar-refractivity contribution in [3.8, 4) is 5.75 Å². The lowest BCUT2D eigenvalue weighted by molar-refractivity contribution is -0.141. The van der Waals surface area contributed by atoms with Gasteiger partial charge in [-0.3, -0.25) is 76.9 Å². The van der Waals surface area contributed by atoms with Crippen LogP contribution in [0.2, 0.25) is 0 Å². The number of aliphatic imine (C=N–C) groups is 1. The Morgan fingerprint density at radius 3 is 1.43 bits per heavy atom. The molecule has 39 nitrogen and oxygen atoms in total. The molecular formula is C63H108N20O19S2. The molecule has 1 aromatic carbocycles. The van der Waals surface area contributed by atoms with Gasteiger partial charge in [0.2, 0.25) is 82.7 Å². The van der Waals surface area contributed by atoms with Crippen LogP contribution in [-0.2, 0) is 78.3 Å². The summed E-state index contributed by atoms with van der Waals surface area (Å²) in [6.45, 7) is 2.51. The number of carbonyl (C=O) groups excluding carboxylic acids is 14. The van der Waals surface area contributed by atoms with E-state index >= 15 is 0 Å². The summed E-state index contributed by atoms with van der Waals surface area (Å²) >= 11 is 2.48. The minimum Gasteiger partial charge on any atom is -0.508 e. The summed E-state index contributed by atoms with van der Waals surface area (Å²) < 4.78 is 0. The number of aromatic hydroxyl groups is 1. The Balaban J connectivity index is 3.59. The van der Waals surface area contributed by atoms with Crippen molar-refractivity contribution in [3.63, 3.8) is 0 Å². The van der Waals surface area contributed by atoms with E-state index in [0.717, 1.165) is 6.92 Å². The van der Waals surface area contributed by atoms with Crippen molar-refractivity contribution in [2.75, 3.05) is 63.3 Å². The van der Waals surface area contributed by atoms with Gasteiger partial charge in [-0.25, -0.2) is 0 Å². The number of phenols is 1. The van der Waals surface area contributed by atoms with Crippen molar-refractivity contribution in [1.29, 1.82) is 0 Å². The van der Waals surface area contributed by atoms with Crippen LogP contribution >= 0.6 is 23.5 Å². The standard InChI is InChI=1S/C63H108N20O19S2/c1-6-33(2)50(61(101)72-30-47(68)88)82-56(96)40(19-20-46(67)87)77-55(95)41(21-26-103-4)79-62(102)51(34(3)85)83-57(97)42(22-27-104-5)78-58(98)43(28-35-15-17-36(86)18-16-35)80-59(99)44(29-49(90)91)74-48(89)31-73-53(93)38(14-11-25-71-63(69)70)76-60(100)45(32-84)81-54(94)39(13-8-10-24-65)75-52(92)37(66)12-7-9-23-64/h15-18,33-34,37-45,50-51,84-86H,6-14,19-32,64-66H2,1-5H3,(H2,67,87)(H2,68,88)(H,72,101)(H,73,93)(H,74,89)(H,75,92)(H,76,100)(H,77,95)(H,78,98)(H,79,102)(H,80,99)(H,81,94)(H,82,96)(H,83,97)(H,90,91)(H4,69,70,71). The molecule has 0 saturated carbocycles. The van der Waals surface area contributed by atoms with Crippen molar-refractivity contribution in [1.82, 2.24) is 63.8 Å². The second-order valence-corrected chi connectivity index (χ2v) is 26.4. The molecule has 0 heterocycles. The smallest absolute Gasteiger partial charge is 0.305 e. The largest absolute Gasteiger partial charge is 0.508 e. The number of unbranched alkanes of at least 4 members (excludes halogenated alkanes) is 2. The van der Waals surface area contributed by atoms with Crippen LogP contribution < -0.4 is 104 Å². The van der Waals surface area contributed by atoms with Crippen molar-refractivity contribution < 1.29 is 92.3 Å². The van der Waals surface area contributed by atoms with Gasteiger partial charge in [-0.15, -0.1) is 0 Å². The lowest BCUT2D eigenvalue weighted by atomic mass is 9.97. The van der Waals surface area contributed by atoms with Gasteiger partial charge in [-0.05, 0) is 132 Å². The lowest BCUT2D eigenvalue weighted by Gasteiger charge is -2.29. The zero-order chi connectivity index (χ0) is 78.6. The molecule has 0 saturated heterocycles. The Bertz CT molecular complexity index is 3030. The Morgan fingerprint density at radius 1 is 0.490 bits per heavy atom. The number of guanidine groups is 1. The molecule has 0 radical (unpaired) electrons. The van der Waals surface area contributed by atoms with E-state index in [4.69, 9.17) is 40.1 Å². The van der Waals surface area contributed by atoms with Crippen LogP contribution in [0.5, 0.6) is 5.75 Å². The molecule has 0 bridgehead atoms. The van der Waals surface area contributed by atoms with Crippen molar-refractivity contribution in [2.45, 2.75) is 190 Å². The molecule has 0 aliphatic carbocycles. The molecule has 1 aromatic rings. The first-order valence-corrected chi connectivity index (χ1v) is 36.6. The molecule has 0 aliphatic heterocycles. The zero-order valence-electron chi connectivity index (χ0n) is 59.3. The van der Waals surface area contributed by atoms with Gasteiger partial charge >= 0.3 is 5.97 Å². The molecule has 586 valence electrons. The number of nitrogens with zero attached hydrogens (tertiary/aromatic N) is 1. The fraction of sp³-hybridized carbons (Fsp3) is 0.651. The average molecular weight is 1510 g/mol. The van der Waals surface area contributed by atoms with Gasteiger partial charge in [0.15, 0.2) is 5.96 Å². The zero-order valence-corrected chi connectivity index (χ0v) is 60.9. The normalized spacial score (nSPS) is 14.8. The van der Waals surface area contributed by atoms with Gasteiger partial charge in [-0.2, -0.15) is 23.5 Å². The molecule has 1 rings (SSSR count). The molecule has 13 atom stereocenters. The van der Waals surface area contributed by atoms with E-state index in [1.54, 1.807) is 26.4 Å². The molecule has 13 unspecified atom stereocenters. The van der Waals surface area contributed by atoms with Crippen LogP contribution in [0.4, 0.5) is 0 Å². The van der Waals surface area contributed by atoms with E-state index in [1.165, 1.54) is 47.8 Å². The van der Waals surface area contributed by atoms with E-state index in [0.29, 0.717) is 38.6 Å². The average Bonchev–Trinajstić information content (AvgIpc) is 0.859.